The molecule has 1 heterocycles. The van der Waals surface area contributed by atoms with E-state index in [4.69, 9.17) is 26.2 Å². The van der Waals surface area contributed by atoms with Crippen LogP contribution in [0.1, 0.15) is 11.7 Å². The molecule has 1 aliphatic heterocycles. The first-order valence-corrected chi connectivity index (χ1v) is 4.98. The van der Waals surface area contributed by atoms with Crippen LogP contribution in [0, 0.1) is 0 Å². The molecule has 1 aliphatic rings. The zero-order valence-corrected chi connectivity index (χ0v) is 8.90. The number of aliphatic hydroxyl groups excluding tert-OH is 1. The van der Waals surface area contributed by atoms with Crippen molar-refractivity contribution in [2.75, 3.05) is 13.2 Å². The Bertz CT molecular complexity index is 431. The third-order valence-corrected chi connectivity index (χ3v) is 2.60. The van der Waals surface area contributed by atoms with E-state index in [1.807, 2.05) is 0 Å². The van der Waals surface area contributed by atoms with Gasteiger partial charge in [0.1, 0.15) is 13.2 Å². The lowest BCUT2D eigenvalue weighted by Crippen LogP contribution is -2.17. The fraction of sp³-hybridized carbons (Fsp3) is 0.300. The van der Waals surface area contributed by atoms with Crippen LogP contribution in [0.5, 0.6) is 11.5 Å². The number of rotatable bonds is 2. The molecule has 0 aliphatic carbocycles. The summed E-state index contributed by atoms with van der Waals surface area (Å²) in [7, 11) is 0. The van der Waals surface area contributed by atoms with Gasteiger partial charge in [-0.15, -0.1) is 0 Å². The molecule has 0 radical (unpaired) electrons. The normalized spacial score (nSPS) is 15.6. The van der Waals surface area contributed by atoms with Crippen LogP contribution in [0.25, 0.3) is 0 Å². The summed E-state index contributed by atoms with van der Waals surface area (Å²) in [4.78, 5) is 10.6. The number of benzene rings is 1. The minimum absolute atomic E-state index is 0.0760. The van der Waals surface area contributed by atoms with Crippen LogP contribution in [0.15, 0.2) is 12.1 Å². The molecule has 86 valence electrons. The van der Waals surface area contributed by atoms with Gasteiger partial charge in [0.05, 0.1) is 5.02 Å². The summed E-state index contributed by atoms with van der Waals surface area (Å²) in [6, 6.07) is 2.94. The maximum Gasteiger partial charge on any atom is 0.337 e. The van der Waals surface area contributed by atoms with Crippen molar-refractivity contribution in [2.24, 2.45) is 0 Å². The number of aliphatic carboxylic acids is 1. The summed E-state index contributed by atoms with van der Waals surface area (Å²) in [5.41, 5.74) is 0.0958. The smallest absolute Gasteiger partial charge is 0.337 e. The molecule has 0 amide bonds. The van der Waals surface area contributed by atoms with E-state index in [0.717, 1.165) is 0 Å². The van der Waals surface area contributed by atoms with Gasteiger partial charge in [-0.3, -0.25) is 0 Å². The van der Waals surface area contributed by atoms with Gasteiger partial charge >= 0.3 is 5.97 Å². The zero-order chi connectivity index (χ0) is 11.7. The van der Waals surface area contributed by atoms with Crippen LogP contribution in [0.4, 0.5) is 0 Å². The second-order valence-corrected chi connectivity index (χ2v) is 3.61. The third kappa shape index (κ3) is 1.79. The predicted octanol–water partition coefficient (Wildman–Crippen LogP) is 1.23. The van der Waals surface area contributed by atoms with E-state index in [1.54, 1.807) is 0 Å². The molecule has 1 aromatic rings. The largest absolute Gasteiger partial charge is 0.486 e. The van der Waals surface area contributed by atoms with Gasteiger partial charge in [-0.2, -0.15) is 0 Å². The summed E-state index contributed by atoms with van der Waals surface area (Å²) < 4.78 is 10.5. The molecule has 0 bridgehead atoms. The standard InChI is InChI=1S/C10H9ClO5/c11-7-5(8(12)10(13)14)1-2-6-9(7)16-4-3-15-6/h1-2,8,12H,3-4H2,(H,13,14). The zero-order valence-electron chi connectivity index (χ0n) is 8.14. The number of carboxylic acid groups (broad SMARTS) is 1. The average molecular weight is 245 g/mol. The van der Waals surface area contributed by atoms with Crippen LogP contribution < -0.4 is 9.47 Å². The summed E-state index contributed by atoms with van der Waals surface area (Å²) in [5.74, 6) is -0.623. The van der Waals surface area contributed by atoms with E-state index in [9.17, 15) is 9.90 Å². The molecule has 0 fully saturated rings. The molecule has 5 nitrogen and oxygen atoms in total. The van der Waals surface area contributed by atoms with Gasteiger partial charge in [0, 0.05) is 5.56 Å². The first kappa shape index (κ1) is 11.0. The minimum atomic E-state index is -1.66. The summed E-state index contributed by atoms with van der Waals surface area (Å²) in [6.45, 7) is 0.767. The minimum Gasteiger partial charge on any atom is -0.486 e. The highest BCUT2D eigenvalue weighted by molar-refractivity contribution is 6.33. The van der Waals surface area contributed by atoms with E-state index in [0.29, 0.717) is 19.0 Å². The van der Waals surface area contributed by atoms with Crippen molar-refractivity contribution < 1.29 is 24.5 Å². The van der Waals surface area contributed by atoms with Gasteiger partial charge in [-0.25, -0.2) is 4.79 Å². The SMILES string of the molecule is O=C(O)C(O)c1ccc2c(c1Cl)OCCO2. The fourth-order valence-corrected chi connectivity index (χ4v) is 1.76. The first-order valence-electron chi connectivity index (χ1n) is 4.60. The van der Waals surface area contributed by atoms with Gasteiger partial charge < -0.3 is 19.7 Å². The van der Waals surface area contributed by atoms with Gasteiger partial charge in [0.2, 0.25) is 0 Å². The van der Waals surface area contributed by atoms with Gasteiger partial charge in [-0.1, -0.05) is 17.7 Å². The Kier molecular flexibility index (Phi) is 2.89. The van der Waals surface area contributed by atoms with E-state index in [2.05, 4.69) is 0 Å². The molecule has 0 saturated carbocycles. The van der Waals surface area contributed by atoms with Crippen LogP contribution >= 0.6 is 11.6 Å². The Morgan fingerprint density at radius 1 is 1.38 bits per heavy atom. The topological polar surface area (TPSA) is 76.0 Å². The number of carbonyl (C=O) groups is 1. The second kappa shape index (κ2) is 4.19. The first-order chi connectivity index (χ1) is 7.61. The fourth-order valence-electron chi connectivity index (χ4n) is 1.44. The van der Waals surface area contributed by atoms with Crippen LogP contribution in [0.2, 0.25) is 5.02 Å². The number of hydrogen-bond acceptors (Lipinski definition) is 4. The van der Waals surface area contributed by atoms with Gasteiger partial charge in [0.15, 0.2) is 17.6 Å². The molecule has 2 N–H and O–H groups in total. The van der Waals surface area contributed by atoms with Crippen molar-refractivity contribution in [3.8, 4) is 11.5 Å². The van der Waals surface area contributed by atoms with E-state index in [-0.39, 0.29) is 16.3 Å². The molecule has 0 spiro atoms. The number of aliphatic hydroxyl groups is 1. The molecule has 0 saturated heterocycles. The maximum absolute atomic E-state index is 10.6. The highest BCUT2D eigenvalue weighted by atomic mass is 35.5. The van der Waals surface area contributed by atoms with Crippen molar-refractivity contribution in [3.05, 3.63) is 22.7 Å². The molecule has 2 rings (SSSR count). The van der Waals surface area contributed by atoms with Crippen molar-refractivity contribution in [1.29, 1.82) is 0 Å². The second-order valence-electron chi connectivity index (χ2n) is 3.23. The van der Waals surface area contributed by atoms with Gasteiger partial charge in [-0.05, 0) is 6.07 Å². The lowest BCUT2D eigenvalue weighted by Gasteiger charge is -2.21. The number of carboxylic acids is 1. The van der Waals surface area contributed by atoms with Crippen LogP contribution in [-0.4, -0.2) is 29.4 Å². The number of fused-ring (bicyclic) bond motifs is 1. The summed E-state index contributed by atoms with van der Waals surface area (Å²) in [6.07, 6.45) is -1.66. The van der Waals surface area contributed by atoms with Crippen molar-refractivity contribution in [2.45, 2.75) is 6.10 Å². The molecule has 6 heteroatoms. The van der Waals surface area contributed by atoms with Gasteiger partial charge in [0.25, 0.3) is 0 Å². The molecule has 1 unspecified atom stereocenters. The van der Waals surface area contributed by atoms with E-state index >= 15 is 0 Å². The number of hydrogen-bond donors (Lipinski definition) is 2. The lowest BCUT2D eigenvalue weighted by molar-refractivity contribution is -0.146. The lowest BCUT2D eigenvalue weighted by atomic mass is 10.1. The monoisotopic (exact) mass is 244 g/mol. The summed E-state index contributed by atoms with van der Waals surface area (Å²) in [5, 5.41) is 18.2. The van der Waals surface area contributed by atoms with Crippen molar-refractivity contribution >= 4 is 17.6 Å². The predicted molar refractivity (Wildman–Crippen MR) is 55.0 cm³/mol. The highest BCUT2D eigenvalue weighted by Gasteiger charge is 2.25. The Balaban J connectivity index is 2.45. The van der Waals surface area contributed by atoms with Crippen molar-refractivity contribution in [3.63, 3.8) is 0 Å². The highest BCUT2D eigenvalue weighted by Crippen LogP contribution is 2.41. The molecular formula is C10H9ClO5. The maximum atomic E-state index is 10.6. The Hall–Kier alpha value is -1.46. The number of halogens is 1. The van der Waals surface area contributed by atoms with Crippen LogP contribution in [0.3, 0.4) is 0 Å². The average Bonchev–Trinajstić information content (AvgIpc) is 2.29. The Labute approximate surface area is 96.2 Å². The Morgan fingerprint density at radius 3 is 2.75 bits per heavy atom. The van der Waals surface area contributed by atoms with Crippen LogP contribution in [-0.2, 0) is 4.79 Å². The van der Waals surface area contributed by atoms with E-state index in [1.165, 1.54) is 12.1 Å². The molecule has 0 aromatic heterocycles. The third-order valence-electron chi connectivity index (χ3n) is 2.21. The van der Waals surface area contributed by atoms with E-state index < -0.39 is 12.1 Å². The Morgan fingerprint density at radius 2 is 2.06 bits per heavy atom. The molecule has 1 aromatic carbocycles. The summed E-state index contributed by atoms with van der Waals surface area (Å²) >= 11 is 5.94. The molecular weight excluding hydrogens is 236 g/mol. The molecule has 16 heavy (non-hydrogen) atoms. The quantitative estimate of drug-likeness (QED) is 0.818. The van der Waals surface area contributed by atoms with Crippen molar-refractivity contribution in [1.82, 2.24) is 0 Å². The molecule has 1 atom stereocenters. The number of ether oxygens (including phenoxy) is 2.